The van der Waals surface area contributed by atoms with Gasteiger partial charge in [-0.15, -0.1) is 0 Å². The largest absolute Gasteiger partial charge is 0.493 e. The summed E-state index contributed by atoms with van der Waals surface area (Å²) in [6.07, 6.45) is 2.22. The fourth-order valence-electron chi connectivity index (χ4n) is 1.57. The van der Waals surface area contributed by atoms with Crippen LogP contribution in [0.2, 0.25) is 0 Å². The Bertz CT molecular complexity index is 328. The maximum absolute atomic E-state index is 13.0. The number of hydrogen-bond donors (Lipinski definition) is 1. The van der Waals surface area contributed by atoms with Crippen LogP contribution in [0, 0.1) is 18.7 Å². The van der Waals surface area contributed by atoms with Crippen molar-refractivity contribution >= 4 is 12.6 Å². The molecule has 0 aliphatic rings. The molecule has 0 radical (unpaired) electrons. The number of halogens is 1. The molecule has 0 aliphatic heterocycles. The molecule has 0 bridgehead atoms. The molecule has 0 fully saturated rings. The van der Waals surface area contributed by atoms with Gasteiger partial charge in [0.15, 0.2) is 0 Å². The summed E-state index contributed by atoms with van der Waals surface area (Å²) < 4.78 is 18.6. The summed E-state index contributed by atoms with van der Waals surface area (Å²) in [4.78, 5) is 0. The quantitative estimate of drug-likeness (QED) is 0.745. The lowest BCUT2D eigenvalue weighted by Gasteiger charge is -2.15. The fourth-order valence-corrected chi connectivity index (χ4v) is 1.86. The van der Waals surface area contributed by atoms with Crippen molar-refractivity contribution in [2.24, 2.45) is 5.92 Å². The number of aryl methyl sites for hydroxylation is 1. The molecule has 1 aromatic rings. The first-order valence-electron chi connectivity index (χ1n) is 5.67. The molecule has 0 aromatic heterocycles. The van der Waals surface area contributed by atoms with Crippen LogP contribution in [0.25, 0.3) is 0 Å². The Labute approximate surface area is 102 Å². The van der Waals surface area contributed by atoms with Gasteiger partial charge >= 0.3 is 0 Å². The van der Waals surface area contributed by atoms with Crippen molar-refractivity contribution in [3.8, 4) is 5.75 Å². The molecule has 0 heterocycles. The van der Waals surface area contributed by atoms with Crippen molar-refractivity contribution in [2.75, 3.05) is 12.4 Å². The third-order valence-corrected chi connectivity index (χ3v) is 3.10. The van der Waals surface area contributed by atoms with Gasteiger partial charge < -0.3 is 4.74 Å². The summed E-state index contributed by atoms with van der Waals surface area (Å²) in [7, 11) is 0. The van der Waals surface area contributed by atoms with Crippen LogP contribution in [0.4, 0.5) is 4.39 Å². The monoisotopic (exact) mass is 242 g/mol. The summed E-state index contributed by atoms with van der Waals surface area (Å²) in [5, 5.41) is 0. The zero-order valence-corrected chi connectivity index (χ0v) is 10.8. The zero-order chi connectivity index (χ0) is 12.0. The second kappa shape index (κ2) is 6.79. The van der Waals surface area contributed by atoms with Crippen LogP contribution in [0.5, 0.6) is 5.75 Å². The van der Waals surface area contributed by atoms with Crippen molar-refractivity contribution in [1.29, 1.82) is 0 Å². The van der Waals surface area contributed by atoms with E-state index < -0.39 is 0 Å². The molecule has 0 aliphatic carbocycles. The lowest BCUT2D eigenvalue weighted by molar-refractivity contribution is 0.252. The Morgan fingerprint density at radius 2 is 2.19 bits per heavy atom. The maximum Gasteiger partial charge on any atom is 0.126 e. The van der Waals surface area contributed by atoms with Crippen molar-refractivity contribution in [3.05, 3.63) is 29.6 Å². The van der Waals surface area contributed by atoms with Crippen molar-refractivity contribution < 1.29 is 9.13 Å². The van der Waals surface area contributed by atoms with Gasteiger partial charge in [0.05, 0.1) is 6.61 Å². The molecule has 1 nitrogen and oxygen atoms in total. The smallest absolute Gasteiger partial charge is 0.126 e. The minimum atomic E-state index is -0.251. The van der Waals surface area contributed by atoms with Crippen molar-refractivity contribution in [2.45, 2.75) is 26.7 Å². The summed E-state index contributed by atoms with van der Waals surface area (Å²) in [6, 6.07) is 4.63. The van der Waals surface area contributed by atoms with Gasteiger partial charge in [0, 0.05) is 12.0 Å². The van der Waals surface area contributed by atoms with Gasteiger partial charge in [-0.3, -0.25) is 0 Å². The predicted molar refractivity (Wildman–Crippen MR) is 68.9 cm³/mol. The molecule has 0 amide bonds. The summed E-state index contributed by atoms with van der Waals surface area (Å²) in [5.74, 6) is 1.64. The molecule has 1 atom stereocenters. The normalized spacial score (nSPS) is 12.5. The van der Waals surface area contributed by atoms with Crippen LogP contribution in [0.3, 0.4) is 0 Å². The van der Waals surface area contributed by atoms with Crippen LogP contribution in [-0.4, -0.2) is 12.4 Å². The highest BCUT2D eigenvalue weighted by atomic mass is 32.1. The van der Waals surface area contributed by atoms with Crippen molar-refractivity contribution in [3.63, 3.8) is 0 Å². The molecular formula is C13H19FOS. The minimum absolute atomic E-state index is 0.251. The Morgan fingerprint density at radius 1 is 1.44 bits per heavy atom. The number of rotatable bonds is 6. The fraction of sp³-hybridized carbons (Fsp3) is 0.538. The molecule has 1 rings (SSSR count). The van der Waals surface area contributed by atoms with E-state index in [-0.39, 0.29) is 5.82 Å². The number of thiol groups is 1. The maximum atomic E-state index is 13.0. The van der Waals surface area contributed by atoms with E-state index in [1.165, 1.54) is 12.1 Å². The molecule has 0 N–H and O–H groups in total. The number of ether oxygens (including phenoxy) is 1. The lowest BCUT2D eigenvalue weighted by Crippen LogP contribution is -2.14. The SMILES string of the molecule is CCCC(CS)COc1cc(F)ccc1C. The van der Waals surface area contributed by atoms with Crippen LogP contribution >= 0.6 is 12.6 Å². The van der Waals surface area contributed by atoms with Gasteiger partial charge in [0.25, 0.3) is 0 Å². The summed E-state index contributed by atoms with van der Waals surface area (Å²) >= 11 is 4.29. The molecule has 0 saturated heterocycles. The Kier molecular flexibility index (Phi) is 5.67. The van der Waals surface area contributed by atoms with Gasteiger partial charge in [0.1, 0.15) is 11.6 Å². The third-order valence-electron chi connectivity index (χ3n) is 2.58. The van der Waals surface area contributed by atoms with E-state index >= 15 is 0 Å². The average molecular weight is 242 g/mol. The summed E-state index contributed by atoms with van der Waals surface area (Å²) in [6.45, 7) is 4.68. The molecule has 0 saturated carbocycles. The lowest BCUT2D eigenvalue weighted by atomic mass is 10.1. The van der Waals surface area contributed by atoms with E-state index in [4.69, 9.17) is 4.74 Å². The molecular weight excluding hydrogens is 223 g/mol. The minimum Gasteiger partial charge on any atom is -0.493 e. The van der Waals surface area contributed by atoms with Gasteiger partial charge in [-0.2, -0.15) is 12.6 Å². The van der Waals surface area contributed by atoms with Crippen LogP contribution < -0.4 is 4.74 Å². The first-order valence-corrected chi connectivity index (χ1v) is 6.30. The van der Waals surface area contributed by atoms with Crippen LogP contribution in [-0.2, 0) is 0 Å². The zero-order valence-electron chi connectivity index (χ0n) is 9.87. The molecule has 1 aromatic carbocycles. The van der Waals surface area contributed by atoms with E-state index in [0.717, 1.165) is 24.2 Å². The highest BCUT2D eigenvalue weighted by Crippen LogP contribution is 2.20. The molecule has 3 heteroatoms. The number of hydrogen-bond acceptors (Lipinski definition) is 2. The van der Waals surface area contributed by atoms with E-state index in [1.807, 2.05) is 6.92 Å². The second-order valence-electron chi connectivity index (χ2n) is 4.06. The predicted octanol–water partition coefficient (Wildman–Crippen LogP) is 3.86. The highest BCUT2D eigenvalue weighted by Gasteiger charge is 2.08. The Hall–Kier alpha value is -0.700. The molecule has 16 heavy (non-hydrogen) atoms. The second-order valence-corrected chi connectivity index (χ2v) is 4.42. The number of benzene rings is 1. The van der Waals surface area contributed by atoms with Gasteiger partial charge in [-0.1, -0.05) is 19.4 Å². The van der Waals surface area contributed by atoms with E-state index in [2.05, 4.69) is 19.6 Å². The van der Waals surface area contributed by atoms with Gasteiger partial charge in [-0.05, 0) is 30.7 Å². The van der Waals surface area contributed by atoms with E-state index in [1.54, 1.807) is 6.07 Å². The van der Waals surface area contributed by atoms with Gasteiger partial charge in [-0.25, -0.2) is 4.39 Å². The van der Waals surface area contributed by atoms with Crippen LogP contribution in [0.1, 0.15) is 25.3 Å². The van der Waals surface area contributed by atoms with Crippen LogP contribution in [0.15, 0.2) is 18.2 Å². The van der Waals surface area contributed by atoms with Crippen molar-refractivity contribution in [1.82, 2.24) is 0 Å². The first kappa shape index (κ1) is 13.4. The Morgan fingerprint density at radius 3 is 2.81 bits per heavy atom. The van der Waals surface area contributed by atoms with E-state index in [0.29, 0.717) is 18.3 Å². The molecule has 1 unspecified atom stereocenters. The molecule has 0 spiro atoms. The molecule has 90 valence electrons. The average Bonchev–Trinajstić information content (AvgIpc) is 2.28. The van der Waals surface area contributed by atoms with Gasteiger partial charge in [0.2, 0.25) is 0 Å². The summed E-state index contributed by atoms with van der Waals surface area (Å²) in [5.41, 5.74) is 0.968. The first-order chi connectivity index (χ1) is 7.67. The highest BCUT2D eigenvalue weighted by molar-refractivity contribution is 7.80. The Balaban J connectivity index is 2.55. The van der Waals surface area contributed by atoms with E-state index in [9.17, 15) is 4.39 Å². The standard InChI is InChI=1S/C13H19FOS/c1-3-4-11(9-16)8-15-13-7-12(14)6-5-10(13)2/h5-7,11,16H,3-4,8-9H2,1-2H3. The topological polar surface area (TPSA) is 9.23 Å². The third kappa shape index (κ3) is 4.05.